The van der Waals surface area contributed by atoms with Gasteiger partial charge in [0.1, 0.15) is 17.3 Å². The highest BCUT2D eigenvalue weighted by Gasteiger charge is 2.07. The Bertz CT molecular complexity index is 619. The van der Waals surface area contributed by atoms with E-state index in [0.29, 0.717) is 23.6 Å². The van der Waals surface area contributed by atoms with Crippen LogP contribution in [0.4, 0.5) is 17.5 Å². The summed E-state index contributed by atoms with van der Waals surface area (Å²) in [5.41, 5.74) is 0.816. The fourth-order valence-corrected chi connectivity index (χ4v) is 1.86. The van der Waals surface area contributed by atoms with Gasteiger partial charge < -0.3 is 20.1 Å². The number of nitrogens with one attached hydrogen (secondary N) is 2. The van der Waals surface area contributed by atoms with Crippen LogP contribution in [0.15, 0.2) is 30.5 Å². The van der Waals surface area contributed by atoms with Crippen LogP contribution in [0.5, 0.6) is 11.5 Å². The molecule has 2 N–H and O–H groups in total. The van der Waals surface area contributed by atoms with E-state index in [2.05, 4.69) is 34.4 Å². The first kappa shape index (κ1) is 15.9. The highest BCUT2D eigenvalue weighted by molar-refractivity contribution is 5.66. The highest BCUT2D eigenvalue weighted by atomic mass is 16.5. The van der Waals surface area contributed by atoms with Crippen molar-refractivity contribution in [1.82, 2.24) is 9.97 Å². The summed E-state index contributed by atoms with van der Waals surface area (Å²) in [5.74, 6) is 2.73. The van der Waals surface area contributed by atoms with Crippen molar-refractivity contribution in [2.45, 2.75) is 26.3 Å². The molecule has 1 atom stereocenters. The van der Waals surface area contributed by atoms with Gasteiger partial charge in [0.15, 0.2) is 0 Å². The van der Waals surface area contributed by atoms with E-state index >= 15 is 0 Å². The van der Waals surface area contributed by atoms with Gasteiger partial charge in [0, 0.05) is 18.3 Å². The molecule has 0 bridgehead atoms. The Kier molecular flexibility index (Phi) is 5.41. The SMILES string of the molecule is CCC(C)Nc1nccc(Nc2ccc(OC)cc2OC)n1. The zero-order chi connectivity index (χ0) is 15.9. The fourth-order valence-electron chi connectivity index (χ4n) is 1.86. The predicted molar refractivity (Wildman–Crippen MR) is 88.2 cm³/mol. The summed E-state index contributed by atoms with van der Waals surface area (Å²) in [5, 5.41) is 6.49. The van der Waals surface area contributed by atoms with Gasteiger partial charge in [-0.3, -0.25) is 0 Å². The summed E-state index contributed by atoms with van der Waals surface area (Å²) in [6.45, 7) is 4.21. The molecule has 2 aromatic rings. The molecule has 6 heteroatoms. The maximum atomic E-state index is 5.37. The lowest BCUT2D eigenvalue weighted by Crippen LogP contribution is -2.15. The van der Waals surface area contributed by atoms with Gasteiger partial charge >= 0.3 is 0 Å². The van der Waals surface area contributed by atoms with E-state index < -0.39 is 0 Å². The van der Waals surface area contributed by atoms with Crippen molar-refractivity contribution >= 4 is 17.5 Å². The van der Waals surface area contributed by atoms with E-state index in [-0.39, 0.29) is 0 Å². The monoisotopic (exact) mass is 302 g/mol. The second kappa shape index (κ2) is 7.49. The summed E-state index contributed by atoms with van der Waals surface area (Å²) in [6, 6.07) is 7.71. The van der Waals surface area contributed by atoms with E-state index in [9.17, 15) is 0 Å². The molecule has 0 saturated heterocycles. The Morgan fingerprint density at radius 3 is 2.68 bits per heavy atom. The largest absolute Gasteiger partial charge is 0.497 e. The molecule has 118 valence electrons. The Labute approximate surface area is 130 Å². The molecule has 0 saturated carbocycles. The maximum Gasteiger partial charge on any atom is 0.224 e. The molecule has 0 aliphatic rings. The standard InChI is InChI=1S/C16H22N4O2/c1-5-11(2)18-16-17-9-8-15(20-16)19-13-7-6-12(21-3)10-14(13)22-4/h6-11H,5H2,1-4H3,(H2,17,18,19,20). The lowest BCUT2D eigenvalue weighted by Gasteiger charge is -2.14. The third kappa shape index (κ3) is 4.00. The lowest BCUT2D eigenvalue weighted by atomic mass is 10.2. The Hall–Kier alpha value is -2.50. The van der Waals surface area contributed by atoms with Crippen LogP contribution in [0.25, 0.3) is 0 Å². The maximum absolute atomic E-state index is 5.37. The number of hydrogen-bond acceptors (Lipinski definition) is 6. The number of hydrogen-bond donors (Lipinski definition) is 2. The van der Waals surface area contributed by atoms with Crippen LogP contribution in [-0.2, 0) is 0 Å². The first-order valence-corrected chi connectivity index (χ1v) is 7.25. The summed E-state index contributed by atoms with van der Waals surface area (Å²) in [7, 11) is 3.25. The van der Waals surface area contributed by atoms with E-state index in [0.717, 1.165) is 17.9 Å². The van der Waals surface area contributed by atoms with Crippen molar-refractivity contribution in [2.24, 2.45) is 0 Å². The third-order valence-corrected chi connectivity index (χ3v) is 3.31. The number of rotatable bonds is 7. The molecule has 1 aromatic carbocycles. The molecule has 1 unspecified atom stereocenters. The summed E-state index contributed by atoms with van der Waals surface area (Å²) >= 11 is 0. The first-order valence-electron chi connectivity index (χ1n) is 7.25. The van der Waals surface area contributed by atoms with Crippen molar-refractivity contribution in [3.05, 3.63) is 30.5 Å². The molecule has 2 rings (SSSR count). The van der Waals surface area contributed by atoms with E-state index in [1.807, 2.05) is 24.3 Å². The van der Waals surface area contributed by atoms with Gasteiger partial charge in [-0.25, -0.2) is 4.98 Å². The van der Waals surface area contributed by atoms with Gasteiger partial charge in [0.2, 0.25) is 5.95 Å². The molecule has 0 aliphatic heterocycles. The average Bonchev–Trinajstić information content (AvgIpc) is 2.55. The molecule has 22 heavy (non-hydrogen) atoms. The summed E-state index contributed by atoms with van der Waals surface area (Å²) in [4.78, 5) is 8.68. The van der Waals surface area contributed by atoms with E-state index in [1.54, 1.807) is 20.4 Å². The van der Waals surface area contributed by atoms with Crippen LogP contribution in [0.1, 0.15) is 20.3 Å². The van der Waals surface area contributed by atoms with Crippen LogP contribution in [0, 0.1) is 0 Å². The minimum absolute atomic E-state index is 0.325. The molecule has 0 amide bonds. The quantitative estimate of drug-likeness (QED) is 0.816. The highest BCUT2D eigenvalue weighted by Crippen LogP contribution is 2.31. The van der Waals surface area contributed by atoms with Crippen LogP contribution in [-0.4, -0.2) is 30.2 Å². The normalized spacial score (nSPS) is 11.6. The van der Waals surface area contributed by atoms with Gasteiger partial charge in [-0.1, -0.05) is 6.92 Å². The van der Waals surface area contributed by atoms with Crippen molar-refractivity contribution in [3.63, 3.8) is 0 Å². The predicted octanol–water partition coefficient (Wildman–Crippen LogP) is 3.45. The number of benzene rings is 1. The number of nitrogens with zero attached hydrogens (tertiary/aromatic N) is 2. The van der Waals surface area contributed by atoms with Gasteiger partial charge in [0.25, 0.3) is 0 Å². The van der Waals surface area contributed by atoms with Crippen LogP contribution in [0.2, 0.25) is 0 Å². The summed E-state index contributed by atoms with van der Waals surface area (Å²) in [6.07, 6.45) is 2.73. The molecule has 0 radical (unpaired) electrons. The Balaban J connectivity index is 2.18. The van der Waals surface area contributed by atoms with Crippen molar-refractivity contribution in [3.8, 4) is 11.5 Å². The Morgan fingerprint density at radius 2 is 2.00 bits per heavy atom. The van der Waals surface area contributed by atoms with Crippen molar-refractivity contribution < 1.29 is 9.47 Å². The van der Waals surface area contributed by atoms with Gasteiger partial charge in [-0.05, 0) is 31.5 Å². The zero-order valence-corrected chi connectivity index (χ0v) is 13.4. The van der Waals surface area contributed by atoms with Gasteiger partial charge in [-0.15, -0.1) is 0 Å². The summed E-state index contributed by atoms with van der Waals surface area (Å²) < 4.78 is 10.6. The van der Waals surface area contributed by atoms with Crippen LogP contribution >= 0.6 is 0 Å². The zero-order valence-electron chi connectivity index (χ0n) is 13.4. The molecule has 1 aromatic heterocycles. The molecule has 0 fully saturated rings. The van der Waals surface area contributed by atoms with Crippen molar-refractivity contribution in [2.75, 3.05) is 24.9 Å². The Morgan fingerprint density at radius 1 is 1.18 bits per heavy atom. The van der Waals surface area contributed by atoms with Gasteiger partial charge in [0.05, 0.1) is 19.9 Å². The van der Waals surface area contributed by atoms with Crippen molar-refractivity contribution in [1.29, 1.82) is 0 Å². The minimum atomic E-state index is 0.325. The molecular weight excluding hydrogens is 280 g/mol. The first-order chi connectivity index (χ1) is 10.7. The minimum Gasteiger partial charge on any atom is -0.497 e. The topological polar surface area (TPSA) is 68.3 Å². The second-order valence-electron chi connectivity index (χ2n) is 4.91. The third-order valence-electron chi connectivity index (χ3n) is 3.31. The van der Waals surface area contributed by atoms with Crippen LogP contribution < -0.4 is 20.1 Å². The van der Waals surface area contributed by atoms with Crippen LogP contribution in [0.3, 0.4) is 0 Å². The molecule has 0 spiro atoms. The number of aromatic nitrogens is 2. The average molecular weight is 302 g/mol. The fraction of sp³-hybridized carbons (Fsp3) is 0.375. The number of anilines is 3. The lowest BCUT2D eigenvalue weighted by molar-refractivity contribution is 0.395. The van der Waals surface area contributed by atoms with Gasteiger partial charge in [-0.2, -0.15) is 4.98 Å². The second-order valence-corrected chi connectivity index (χ2v) is 4.91. The molecule has 6 nitrogen and oxygen atoms in total. The number of ether oxygens (including phenoxy) is 2. The van der Waals surface area contributed by atoms with E-state index in [1.165, 1.54) is 0 Å². The number of methoxy groups -OCH3 is 2. The molecule has 1 heterocycles. The molecule has 0 aliphatic carbocycles. The molecular formula is C16H22N4O2. The van der Waals surface area contributed by atoms with E-state index in [4.69, 9.17) is 9.47 Å². The smallest absolute Gasteiger partial charge is 0.224 e.